The molecule has 0 radical (unpaired) electrons. The predicted molar refractivity (Wildman–Crippen MR) is 58.8 cm³/mol. The van der Waals surface area contributed by atoms with Crippen LogP contribution in [-0.4, -0.2) is 11.0 Å². The molecule has 2 unspecified atom stereocenters. The molecule has 0 spiro atoms. The Balaban J connectivity index is 2.34. The van der Waals surface area contributed by atoms with Crippen molar-refractivity contribution in [2.75, 3.05) is 0 Å². The van der Waals surface area contributed by atoms with Crippen LogP contribution in [-0.2, 0) is 0 Å². The molecule has 0 aromatic carbocycles. The van der Waals surface area contributed by atoms with Crippen molar-refractivity contribution in [3.05, 3.63) is 28.0 Å². The lowest BCUT2D eigenvalue weighted by Gasteiger charge is -2.15. The van der Waals surface area contributed by atoms with Crippen LogP contribution < -0.4 is 5.73 Å². The first-order chi connectivity index (χ1) is 6.68. The SMILES string of the molecule is NC1CCCC1c1nc(Cl)ccc1Cl. The van der Waals surface area contributed by atoms with Gasteiger partial charge in [-0.15, -0.1) is 0 Å². The van der Waals surface area contributed by atoms with E-state index < -0.39 is 0 Å². The first-order valence-electron chi connectivity index (χ1n) is 4.76. The molecule has 4 heteroatoms. The van der Waals surface area contributed by atoms with Crippen molar-refractivity contribution in [3.63, 3.8) is 0 Å². The summed E-state index contributed by atoms with van der Waals surface area (Å²) in [5, 5.41) is 1.17. The lowest BCUT2D eigenvalue weighted by molar-refractivity contribution is 0.599. The molecule has 1 saturated carbocycles. The Kier molecular flexibility index (Phi) is 2.96. The molecule has 0 saturated heterocycles. The lowest BCUT2D eigenvalue weighted by Crippen LogP contribution is -2.23. The number of nitrogens with zero attached hydrogens (tertiary/aromatic N) is 1. The van der Waals surface area contributed by atoms with Crippen molar-refractivity contribution in [2.24, 2.45) is 5.73 Å². The molecule has 2 N–H and O–H groups in total. The molecule has 1 fully saturated rings. The minimum Gasteiger partial charge on any atom is -0.327 e. The zero-order valence-electron chi connectivity index (χ0n) is 7.71. The van der Waals surface area contributed by atoms with Crippen LogP contribution in [0.5, 0.6) is 0 Å². The van der Waals surface area contributed by atoms with Gasteiger partial charge in [0.2, 0.25) is 0 Å². The van der Waals surface area contributed by atoms with Gasteiger partial charge < -0.3 is 5.73 Å². The molecule has 76 valence electrons. The minimum atomic E-state index is 0.179. The highest BCUT2D eigenvalue weighted by Gasteiger charge is 2.28. The Bertz CT molecular complexity index is 341. The topological polar surface area (TPSA) is 38.9 Å². The molecule has 2 atom stereocenters. The number of hydrogen-bond acceptors (Lipinski definition) is 2. The van der Waals surface area contributed by atoms with Gasteiger partial charge in [-0.2, -0.15) is 0 Å². The van der Waals surface area contributed by atoms with Crippen LogP contribution in [0.25, 0.3) is 0 Å². The van der Waals surface area contributed by atoms with Gasteiger partial charge in [0.25, 0.3) is 0 Å². The normalized spacial score (nSPS) is 26.8. The molecule has 1 aliphatic carbocycles. The third kappa shape index (κ3) is 1.88. The molecule has 1 aromatic heterocycles. The second-order valence-corrected chi connectivity index (χ2v) is 4.50. The molecular weight excluding hydrogens is 219 g/mol. The van der Waals surface area contributed by atoms with Crippen LogP contribution in [0.1, 0.15) is 30.9 Å². The Hall–Kier alpha value is -0.310. The number of hydrogen-bond donors (Lipinski definition) is 1. The second kappa shape index (κ2) is 4.05. The summed E-state index contributed by atoms with van der Waals surface area (Å²) >= 11 is 11.9. The molecule has 0 bridgehead atoms. The summed E-state index contributed by atoms with van der Waals surface area (Å²) in [6.45, 7) is 0. The summed E-state index contributed by atoms with van der Waals surface area (Å²) in [5.74, 6) is 0.279. The van der Waals surface area contributed by atoms with Crippen LogP contribution in [0.3, 0.4) is 0 Å². The van der Waals surface area contributed by atoms with Crippen molar-refractivity contribution in [1.29, 1.82) is 0 Å². The Morgan fingerprint density at radius 1 is 1.29 bits per heavy atom. The summed E-state index contributed by atoms with van der Waals surface area (Å²) in [4.78, 5) is 4.26. The maximum Gasteiger partial charge on any atom is 0.129 e. The third-order valence-electron chi connectivity index (χ3n) is 2.76. The van der Waals surface area contributed by atoms with Crippen molar-refractivity contribution in [3.8, 4) is 0 Å². The number of nitrogens with two attached hydrogens (primary N) is 1. The van der Waals surface area contributed by atoms with Gasteiger partial charge in [0.15, 0.2) is 0 Å². The monoisotopic (exact) mass is 230 g/mol. The number of aromatic nitrogens is 1. The second-order valence-electron chi connectivity index (χ2n) is 3.70. The van der Waals surface area contributed by atoms with E-state index in [-0.39, 0.29) is 12.0 Å². The molecular formula is C10H12Cl2N2. The highest BCUT2D eigenvalue weighted by atomic mass is 35.5. The Morgan fingerprint density at radius 3 is 2.71 bits per heavy atom. The van der Waals surface area contributed by atoms with E-state index in [9.17, 15) is 0 Å². The Labute approximate surface area is 93.4 Å². The van der Waals surface area contributed by atoms with E-state index in [0.717, 1.165) is 25.0 Å². The first kappa shape index (κ1) is 10.2. The zero-order chi connectivity index (χ0) is 10.1. The van der Waals surface area contributed by atoms with Crippen molar-refractivity contribution >= 4 is 23.2 Å². The van der Waals surface area contributed by atoms with Gasteiger partial charge >= 0.3 is 0 Å². The molecule has 1 aliphatic rings. The minimum absolute atomic E-state index is 0.179. The van der Waals surface area contributed by atoms with Gasteiger partial charge in [0.1, 0.15) is 5.15 Å². The van der Waals surface area contributed by atoms with Crippen molar-refractivity contribution < 1.29 is 0 Å². The fraction of sp³-hybridized carbons (Fsp3) is 0.500. The standard InChI is InChI=1S/C10H12Cl2N2/c11-7-4-5-9(12)14-10(7)6-2-1-3-8(6)13/h4-6,8H,1-3,13H2. The third-order valence-corrected chi connectivity index (χ3v) is 3.29. The molecule has 0 amide bonds. The summed E-state index contributed by atoms with van der Waals surface area (Å²) in [6, 6.07) is 3.67. The van der Waals surface area contributed by atoms with Crippen molar-refractivity contribution in [1.82, 2.24) is 4.98 Å². The predicted octanol–water partition coefficient (Wildman–Crippen LogP) is 2.98. The summed E-state index contributed by atoms with van der Waals surface area (Å²) < 4.78 is 0. The van der Waals surface area contributed by atoms with E-state index in [0.29, 0.717) is 10.2 Å². The van der Waals surface area contributed by atoms with Gasteiger partial charge in [0, 0.05) is 12.0 Å². The summed E-state index contributed by atoms with van der Waals surface area (Å²) in [5.41, 5.74) is 6.85. The molecule has 1 aromatic rings. The van der Waals surface area contributed by atoms with Gasteiger partial charge in [-0.05, 0) is 25.0 Å². The van der Waals surface area contributed by atoms with Gasteiger partial charge in [-0.3, -0.25) is 0 Å². The number of pyridine rings is 1. The van der Waals surface area contributed by atoms with Gasteiger partial charge in [-0.25, -0.2) is 4.98 Å². The quantitative estimate of drug-likeness (QED) is 0.754. The fourth-order valence-corrected chi connectivity index (χ4v) is 2.42. The number of halogens is 2. The maximum atomic E-state index is 6.06. The van der Waals surface area contributed by atoms with E-state index in [1.807, 2.05) is 0 Å². The number of rotatable bonds is 1. The lowest BCUT2D eigenvalue weighted by atomic mass is 10.00. The van der Waals surface area contributed by atoms with E-state index in [4.69, 9.17) is 28.9 Å². The van der Waals surface area contributed by atoms with Crippen LogP contribution >= 0.6 is 23.2 Å². The first-order valence-corrected chi connectivity index (χ1v) is 5.51. The smallest absolute Gasteiger partial charge is 0.129 e. The van der Waals surface area contributed by atoms with Gasteiger partial charge in [0.05, 0.1) is 10.7 Å². The van der Waals surface area contributed by atoms with E-state index in [2.05, 4.69) is 4.98 Å². The zero-order valence-corrected chi connectivity index (χ0v) is 9.22. The van der Waals surface area contributed by atoms with Gasteiger partial charge in [-0.1, -0.05) is 29.6 Å². The fourth-order valence-electron chi connectivity index (χ4n) is 2.02. The average Bonchev–Trinajstić information content (AvgIpc) is 2.56. The summed E-state index contributed by atoms with van der Waals surface area (Å²) in [6.07, 6.45) is 3.26. The Morgan fingerprint density at radius 2 is 2.07 bits per heavy atom. The molecule has 2 nitrogen and oxygen atoms in total. The molecule has 1 heterocycles. The molecule has 14 heavy (non-hydrogen) atoms. The highest BCUT2D eigenvalue weighted by Crippen LogP contribution is 2.36. The van der Waals surface area contributed by atoms with E-state index >= 15 is 0 Å². The van der Waals surface area contributed by atoms with E-state index in [1.54, 1.807) is 12.1 Å². The molecule has 0 aliphatic heterocycles. The largest absolute Gasteiger partial charge is 0.327 e. The highest BCUT2D eigenvalue weighted by molar-refractivity contribution is 6.32. The summed E-state index contributed by atoms with van der Waals surface area (Å²) in [7, 11) is 0. The maximum absolute atomic E-state index is 6.06. The van der Waals surface area contributed by atoms with E-state index in [1.165, 1.54) is 0 Å². The molecule has 2 rings (SSSR count). The average molecular weight is 231 g/mol. The van der Waals surface area contributed by atoms with Crippen molar-refractivity contribution in [2.45, 2.75) is 31.2 Å². The van der Waals surface area contributed by atoms with Crippen LogP contribution in [0.2, 0.25) is 10.2 Å². The van der Waals surface area contributed by atoms with Crippen LogP contribution in [0.4, 0.5) is 0 Å². The van der Waals surface area contributed by atoms with Crippen LogP contribution in [0.15, 0.2) is 12.1 Å². The van der Waals surface area contributed by atoms with Crippen LogP contribution in [0, 0.1) is 0 Å².